The van der Waals surface area contributed by atoms with Crippen molar-refractivity contribution in [2.75, 3.05) is 26.1 Å². The molecule has 24 heavy (non-hydrogen) atoms. The van der Waals surface area contributed by atoms with Crippen molar-refractivity contribution in [2.45, 2.75) is 40.5 Å². The second kappa shape index (κ2) is 8.46. The van der Waals surface area contributed by atoms with Gasteiger partial charge in [0.25, 0.3) is 0 Å². The zero-order valence-corrected chi connectivity index (χ0v) is 17.2. The topological polar surface area (TPSA) is 55.4 Å². The van der Waals surface area contributed by atoms with Gasteiger partial charge >= 0.3 is 17.4 Å². The molecule has 0 saturated heterocycles. The van der Waals surface area contributed by atoms with Crippen molar-refractivity contribution in [2.24, 2.45) is 0 Å². The summed E-state index contributed by atoms with van der Waals surface area (Å²) in [6, 6.07) is 5.78. The van der Waals surface area contributed by atoms with Crippen molar-refractivity contribution in [1.82, 2.24) is 0 Å². The maximum Gasteiger partial charge on any atom is 0.540 e. The van der Waals surface area contributed by atoms with Crippen LogP contribution >= 0.6 is 0 Å². The fourth-order valence-corrected chi connectivity index (χ4v) is 5.94. The Balaban J connectivity index is 2.07. The SMILES string of the molecule is CCO[Si](COc1ccc2c(c1)CO[Si](C)(C)O2)(OCC)OCC. The highest BCUT2D eigenvalue weighted by atomic mass is 28.4. The lowest BCUT2D eigenvalue weighted by Crippen LogP contribution is -2.51. The maximum atomic E-state index is 5.93. The molecular weight excluding hydrogens is 344 g/mol. The van der Waals surface area contributed by atoms with Gasteiger partial charge in [-0.3, -0.25) is 0 Å². The van der Waals surface area contributed by atoms with E-state index in [1.54, 1.807) is 0 Å². The molecule has 6 nitrogen and oxygen atoms in total. The van der Waals surface area contributed by atoms with Gasteiger partial charge in [0, 0.05) is 25.4 Å². The highest BCUT2D eigenvalue weighted by Gasteiger charge is 2.42. The van der Waals surface area contributed by atoms with Gasteiger partial charge in [-0.2, -0.15) is 0 Å². The van der Waals surface area contributed by atoms with Crippen LogP contribution in [0.4, 0.5) is 0 Å². The lowest BCUT2D eigenvalue weighted by atomic mass is 10.2. The van der Waals surface area contributed by atoms with Crippen LogP contribution in [0.3, 0.4) is 0 Å². The van der Waals surface area contributed by atoms with E-state index in [2.05, 4.69) is 0 Å². The molecule has 0 aliphatic carbocycles. The van der Waals surface area contributed by atoms with Crippen molar-refractivity contribution in [3.8, 4) is 11.5 Å². The van der Waals surface area contributed by atoms with Crippen LogP contribution in [-0.4, -0.2) is 43.4 Å². The predicted molar refractivity (Wildman–Crippen MR) is 95.5 cm³/mol. The number of fused-ring (bicyclic) bond motifs is 1. The zero-order valence-electron chi connectivity index (χ0n) is 15.2. The van der Waals surface area contributed by atoms with Gasteiger partial charge in [0.1, 0.15) is 11.5 Å². The molecule has 0 unspecified atom stereocenters. The van der Waals surface area contributed by atoms with Gasteiger partial charge in [0.15, 0.2) is 6.23 Å². The standard InChI is InChI=1S/C16H28O6Si2/c1-6-18-24(19-7-2,20-8-3)13-17-15-9-10-16-14(11-15)12-21-23(4,5)22-16/h9-11H,6-8,12-13H2,1-5H3. The molecule has 0 amide bonds. The minimum Gasteiger partial charge on any atom is -0.520 e. The van der Waals surface area contributed by atoms with E-state index in [-0.39, 0.29) is 6.23 Å². The summed E-state index contributed by atoms with van der Waals surface area (Å²) in [6.07, 6.45) is 0.281. The first-order chi connectivity index (χ1) is 11.4. The Bertz CT molecular complexity index is 520. The molecule has 0 radical (unpaired) electrons. The van der Waals surface area contributed by atoms with Gasteiger partial charge in [0.2, 0.25) is 0 Å². The van der Waals surface area contributed by atoms with Crippen LogP contribution in [0, 0.1) is 0 Å². The summed E-state index contributed by atoms with van der Waals surface area (Å²) in [4.78, 5) is 0. The zero-order chi connectivity index (χ0) is 17.6. The van der Waals surface area contributed by atoms with Crippen molar-refractivity contribution < 1.29 is 26.9 Å². The Morgan fingerprint density at radius 1 is 1.04 bits per heavy atom. The molecule has 0 saturated carbocycles. The van der Waals surface area contributed by atoms with Gasteiger partial charge in [0.05, 0.1) is 6.61 Å². The average Bonchev–Trinajstić information content (AvgIpc) is 2.53. The first-order valence-electron chi connectivity index (χ1n) is 8.44. The van der Waals surface area contributed by atoms with Crippen molar-refractivity contribution >= 4 is 17.4 Å². The monoisotopic (exact) mass is 372 g/mol. The summed E-state index contributed by atoms with van der Waals surface area (Å²) in [5.41, 5.74) is 0.996. The third-order valence-electron chi connectivity index (χ3n) is 3.47. The summed E-state index contributed by atoms with van der Waals surface area (Å²) in [6.45, 7) is 12.0. The molecule has 0 bridgehead atoms. The second-order valence-corrected chi connectivity index (χ2v) is 11.6. The first-order valence-corrected chi connectivity index (χ1v) is 13.2. The minimum atomic E-state index is -2.81. The third-order valence-corrected chi connectivity index (χ3v) is 7.71. The van der Waals surface area contributed by atoms with Crippen LogP contribution in [0.25, 0.3) is 0 Å². The van der Waals surface area contributed by atoms with E-state index in [0.717, 1.165) is 17.1 Å². The molecule has 136 valence electrons. The Morgan fingerprint density at radius 3 is 2.25 bits per heavy atom. The Hall–Kier alpha value is -0.906. The molecule has 0 aromatic heterocycles. The molecule has 0 atom stereocenters. The molecule has 2 rings (SSSR count). The van der Waals surface area contributed by atoms with Crippen LogP contribution in [0.5, 0.6) is 11.5 Å². The molecule has 1 aromatic carbocycles. The lowest BCUT2D eigenvalue weighted by Gasteiger charge is -2.31. The van der Waals surface area contributed by atoms with Crippen molar-refractivity contribution in [3.05, 3.63) is 23.8 Å². The summed E-state index contributed by atoms with van der Waals surface area (Å²) in [5, 5.41) is 0. The average molecular weight is 373 g/mol. The van der Waals surface area contributed by atoms with Gasteiger partial charge in [-0.25, -0.2) is 0 Å². The van der Waals surface area contributed by atoms with E-state index in [4.69, 9.17) is 26.9 Å². The lowest BCUT2D eigenvalue weighted by molar-refractivity contribution is 0.0541. The van der Waals surface area contributed by atoms with Crippen molar-refractivity contribution in [3.63, 3.8) is 0 Å². The second-order valence-electron chi connectivity index (χ2n) is 5.83. The quantitative estimate of drug-likeness (QED) is 0.620. The smallest absolute Gasteiger partial charge is 0.520 e. The number of benzene rings is 1. The highest BCUT2D eigenvalue weighted by Crippen LogP contribution is 2.32. The fraction of sp³-hybridized carbons (Fsp3) is 0.625. The molecule has 8 heteroatoms. The van der Waals surface area contributed by atoms with Crippen LogP contribution in [0.15, 0.2) is 18.2 Å². The van der Waals surface area contributed by atoms with Gasteiger partial charge in [-0.15, -0.1) is 0 Å². The Kier molecular flexibility index (Phi) is 6.84. The number of hydrogen-bond donors (Lipinski definition) is 0. The van der Waals surface area contributed by atoms with Gasteiger partial charge < -0.3 is 26.9 Å². The molecular formula is C16H28O6Si2. The van der Waals surface area contributed by atoms with Crippen LogP contribution in [0.1, 0.15) is 26.3 Å². The van der Waals surface area contributed by atoms with E-state index >= 15 is 0 Å². The van der Waals surface area contributed by atoms with Gasteiger partial charge in [-0.1, -0.05) is 0 Å². The van der Waals surface area contributed by atoms with Crippen LogP contribution < -0.4 is 9.16 Å². The molecule has 1 heterocycles. The summed E-state index contributed by atoms with van der Waals surface area (Å²) in [5.74, 6) is 1.62. The normalized spacial score (nSPS) is 16.4. The molecule has 1 aliphatic rings. The van der Waals surface area contributed by atoms with Crippen LogP contribution in [-0.2, 0) is 24.3 Å². The summed E-state index contributed by atoms with van der Waals surface area (Å²) < 4.78 is 35.1. The van der Waals surface area contributed by atoms with E-state index < -0.39 is 17.4 Å². The van der Waals surface area contributed by atoms with E-state index in [1.165, 1.54) is 0 Å². The van der Waals surface area contributed by atoms with E-state index in [9.17, 15) is 0 Å². The molecule has 0 fully saturated rings. The minimum absolute atomic E-state index is 0.281. The maximum absolute atomic E-state index is 5.93. The van der Waals surface area contributed by atoms with E-state index in [1.807, 2.05) is 52.1 Å². The number of ether oxygens (including phenoxy) is 1. The predicted octanol–water partition coefficient (Wildman–Crippen LogP) is 3.26. The third kappa shape index (κ3) is 5.04. The molecule has 1 aromatic rings. The van der Waals surface area contributed by atoms with Gasteiger partial charge in [-0.05, 0) is 52.1 Å². The largest absolute Gasteiger partial charge is 0.540 e. The van der Waals surface area contributed by atoms with Crippen LogP contribution in [0.2, 0.25) is 13.1 Å². The first kappa shape index (κ1) is 19.4. The highest BCUT2D eigenvalue weighted by molar-refractivity contribution is 6.65. The molecule has 0 N–H and O–H groups in total. The van der Waals surface area contributed by atoms with E-state index in [0.29, 0.717) is 26.4 Å². The fourth-order valence-electron chi connectivity index (χ4n) is 2.49. The number of rotatable bonds is 9. The molecule has 0 spiro atoms. The summed E-state index contributed by atoms with van der Waals surface area (Å²) >= 11 is 0. The molecule has 1 aliphatic heterocycles. The Morgan fingerprint density at radius 2 is 1.67 bits per heavy atom. The summed E-state index contributed by atoms with van der Waals surface area (Å²) in [7, 11) is -4.85. The number of hydrogen-bond acceptors (Lipinski definition) is 6. The Labute approximate surface area is 146 Å². The van der Waals surface area contributed by atoms with Crippen molar-refractivity contribution in [1.29, 1.82) is 0 Å².